The number of benzene rings is 1. The quantitative estimate of drug-likeness (QED) is 0.595. The third-order valence-electron chi connectivity index (χ3n) is 1.95. The van der Waals surface area contributed by atoms with Gasteiger partial charge in [0.1, 0.15) is 6.42 Å². The van der Waals surface area contributed by atoms with Gasteiger partial charge < -0.3 is 5.32 Å². The summed E-state index contributed by atoms with van der Waals surface area (Å²) >= 11 is 0. The van der Waals surface area contributed by atoms with Crippen molar-refractivity contribution in [3.63, 3.8) is 0 Å². The molecule has 0 bridgehead atoms. The van der Waals surface area contributed by atoms with Gasteiger partial charge in [-0.3, -0.25) is 4.79 Å². The molecule has 1 aliphatic rings. The second-order valence-corrected chi connectivity index (χ2v) is 2.79. The molecule has 2 rings (SSSR count). The van der Waals surface area contributed by atoms with Crippen LogP contribution in [-0.4, -0.2) is 12.5 Å². The van der Waals surface area contributed by atoms with E-state index in [4.69, 9.17) is 0 Å². The van der Waals surface area contributed by atoms with Crippen LogP contribution in [0, 0.1) is 6.42 Å². The molecule has 1 N–H and O–H groups in total. The third kappa shape index (κ3) is 1.33. The van der Waals surface area contributed by atoms with Crippen molar-refractivity contribution in [3.8, 4) is 0 Å². The molecule has 2 heteroatoms. The molecular weight excluding hydrogens is 150 g/mol. The van der Waals surface area contributed by atoms with E-state index in [2.05, 4.69) is 11.7 Å². The second kappa shape index (κ2) is 2.97. The summed E-state index contributed by atoms with van der Waals surface area (Å²) in [5.74, 6) is -0.111. The van der Waals surface area contributed by atoms with Crippen LogP contribution in [0.2, 0.25) is 0 Å². The standard InChI is InChI=1S/C10H9NO/c12-10-7-9-4-2-1-3-8(9)5-6-11-10/h1-4H,5-6H2,(H,11,12). The fraction of sp³-hybridized carbons (Fsp3) is 0.200. The highest BCUT2D eigenvalue weighted by molar-refractivity contribution is 5.89. The van der Waals surface area contributed by atoms with E-state index in [1.807, 2.05) is 24.3 Å². The van der Waals surface area contributed by atoms with Gasteiger partial charge in [0.2, 0.25) is 5.91 Å². The normalized spacial score (nSPS) is 16.2. The van der Waals surface area contributed by atoms with Gasteiger partial charge in [-0.05, 0) is 17.5 Å². The van der Waals surface area contributed by atoms with Crippen LogP contribution in [0.5, 0.6) is 0 Å². The molecule has 12 heavy (non-hydrogen) atoms. The minimum atomic E-state index is -0.111. The largest absolute Gasteiger partial charge is 0.355 e. The monoisotopic (exact) mass is 159 g/mol. The first-order chi connectivity index (χ1) is 5.86. The van der Waals surface area contributed by atoms with Crippen LogP contribution < -0.4 is 5.32 Å². The maximum Gasteiger partial charge on any atom is 0.233 e. The Morgan fingerprint density at radius 2 is 2.17 bits per heavy atom. The maximum atomic E-state index is 11.0. The first kappa shape index (κ1) is 7.35. The topological polar surface area (TPSA) is 29.1 Å². The molecule has 0 atom stereocenters. The Morgan fingerprint density at radius 1 is 1.33 bits per heavy atom. The Balaban J connectivity index is 2.37. The molecular formula is C10H9NO. The summed E-state index contributed by atoms with van der Waals surface area (Å²) in [5, 5.41) is 2.74. The van der Waals surface area contributed by atoms with Crippen molar-refractivity contribution >= 4 is 5.91 Å². The molecule has 0 unspecified atom stereocenters. The highest BCUT2D eigenvalue weighted by Gasteiger charge is 2.12. The van der Waals surface area contributed by atoms with E-state index in [0.717, 1.165) is 12.0 Å². The van der Waals surface area contributed by atoms with Crippen molar-refractivity contribution in [2.45, 2.75) is 6.42 Å². The molecule has 1 aromatic carbocycles. The first-order valence-corrected chi connectivity index (χ1v) is 3.99. The molecule has 0 aromatic heterocycles. The van der Waals surface area contributed by atoms with Crippen molar-refractivity contribution < 1.29 is 4.79 Å². The molecule has 2 radical (unpaired) electrons. The minimum Gasteiger partial charge on any atom is -0.355 e. The molecule has 0 aliphatic carbocycles. The summed E-state index contributed by atoms with van der Waals surface area (Å²) in [6, 6.07) is 7.85. The number of nitrogens with one attached hydrogen (secondary N) is 1. The fourth-order valence-corrected chi connectivity index (χ4v) is 1.34. The average molecular weight is 159 g/mol. The molecule has 0 saturated carbocycles. The Bertz CT molecular complexity index is 306. The first-order valence-electron chi connectivity index (χ1n) is 3.99. The Kier molecular flexibility index (Phi) is 1.82. The lowest BCUT2D eigenvalue weighted by molar-refractivity contribution is -0.117. The van der Waals surface area contributed by atoms with Crippen LogP contribution in [0.4, 0.5) is 0 Å². The number of hydrogen-bond acceptors (Lipinski definition) is 1. The van der Waals surface area contributed by atoms with Crippen molar-refractivity contribution in [2.24, 2.45) is 0 Å². The Labute approximate surface area is 71.6 Å². The molecule has 1 aliphatic heterocycles. The molecule has 1 heterocycles. The summed E-state index contributed by atoms with van der Waals surface area (Å²) in [6.07, 6.45) is 3.67. The average Bonchev–Trinajstić information content (AvgIpc) is 2.25. The zero-order chi connectivity index (χ0) is 8.39. The molecule has 60 valence electrons. The van der Waals surface area contributed by atoms with Gasteiger partial charge in [0, 0.05) is 6.54 Å². The van der Waals surface area contributed by atoms with Crippen LogP contribution in [0.15, 0.2) is 24.3 Å². The number of rotatable bonds is 0. The maximum absolute atomic E-state index is 11.0. The van der Waals surface area contributed by atoms with Gasteiger partial charge in [0.05, 0.1) is 0 Å². The minimum absolute atomic E-state index is 0.111. The second-order valence-electron chi connectivity index (χ2n) is 2.79. The van der Waals surface area contributed by atoms with Crippen LogP contribution in [-0.2, 0) is 11.2 Å². The number of amides is 1. The molecule has 0 fully saturated rings. The van der Waals surface area contributed by atoms with Gasteiger partial charge in [-0.2, -0.15) is 0 Å². The van der Waals surface area contributed by atoms with Gasteiger partial charge in [-0.1, -0.05) is 24.3 Å². The number of carbonyl (C=O) groups is 1. The van der Waals surface area contributed by atoms with E-state index in [-0.39, 0.29) is 5.91 Å². The van der Waals surface area contributed by atoms with Gasteiger partial charge in [-0.15, -0.1) is 0 Å². The molecule has 2 nitrogen and oxygen atoms in total. The summed E-state index contributed by atoms with van der Waals surface area (Å²) in [4.78, 5) is 11.0. The Morgan fingerprint density at radius 3 is 3.08 bits per heavy atom. The van der Waals surface area contributed by atoms with Crippen LogP contribution in [0.1, 0.15) is 11.1 Å². The number of hydrogen-bond donors (Lipinski definition) is 1. The lowest BCUT2D eigenvalue weighted by atomic mass is 10.0. The SMILES string of the molecule is O=C1[C]c2ccccc2CCN1. The van der Waals surface area contributed by atoms with E-state index in [1.54, 1.807) is 0 Å². The van der Waals surface area contributed by atoms with Crippen LogP contribution in [0.3, 0.4) is 0 Å². The Hall–Kier alpha value is -1.31. The van der Waals surface area contributed by atoms with Crippen molar-refractivity contribution in [2.75, 3.05) is 6.54 Å². The van der Waals surface area contributed by atoms with Gasteiger partial charge in [-0.25, -0.2) is 0 Å². The predicted molar refractivity (Wildman–Crippen MR) is 45.5 cm³/mol. The highest BCUT2D eigenvalue weighted by Crippen LogP contribution is 2.13. The smallest absolute Gasteiger partial charge is 0.233 e. The van der Waals surface area contributed by atoms with E-state index in [1.165, 1.54) is 5.56 Å². The lowest BCUT2D eigenvalue weighted by Gasteiger charge is -2.00. The summed E-state index contributed by atoms with van der Waals surface area (Å²) in [5.41, 5.74) is 2.11. The van der Waals surface area contributed by atoms with Crippen LogP contribution >= 0.6 is 0 Å². The lowest BCUT2D eigenvalue weighted by Crippen LogP contribution is -2.22. The van der Waals surface area contributed by atoms with Gasteiger partial charge in [0.15, 0.2) is 0 Å². The molecule has 0 saturated heterocycles. The van der Waals surface area contributed by atoms with Gasteiger partial charge in [0.25, 0.3) is 0 Å². The molecule has 1 aromatic rings. The zero-order valence-electron chi connectivity index (χ0n) is 6.63. The predicted octanol–water partition coefficient (Wildman–Crippen LogP) is 0.788. The summed E-state index contributed by atoms with van der Waals surface area (Å²) < 4.78 is 0. The summed E-state index contributed by atoms with van der Waals surface area (Å²) in [6.45, 7) is 0.711. The molecule has 0 spiro atoms. The zero-order valence-corrected chi connectivity index (χ0v) is 6.63. The number of carbonyl (C=O) groups excluding carboxylic acids is 1. The van der Waals surface area contributed by atoms with E-state index in [0.29, 0.717) is 6.54 Å². The van der Waals surface area contributed by atoms with E-state index in [9.17, 15) is 4.79 Å². The van der Waals surface area contributed by atoms with Crippen molar-refractivity contribution in [3.05, 3.63) is 41.8 Å². The van der Waals surface area contributed by atoms with Gasteiger partial charge >= 0.3 is 0 Å². The summed E-state index contributed by atoms with van der Waals surface area (Å²) in [7, 11) is 0. The fourth-order valence-electron chi connectivity index (χ4n) is 1.34. The third-order valence-corrected chi connectivity index (χ3v) is 1.95. The van der Waals surface area contributed by atoms with Crippen LogP contribution in [0.25, 0.3) is 0 Å². The van der Waals surface area contributed by atoms with E-state index < -0.39 is 0 Å². The van der Waals surface area contributed by atoms with Crippen molar-refractivity contribution in [1.82, 2.24) is 5.32 Å². The van der Waals surface area contributed by atoms with E-state index >= 15 is 0 Å². The van der Waals surface area contributed by atoms with Crippen molar-refractivity contribution in [1.29, 1.82) is 0 Å². The number of fused-ring (bicyclic) bond motifs is 1. The molecule has 1 amide bonds. The highest BCUT2D eigenvalue weighted by atomic mass is 16.1.